The van der Waals surface area contributed by atoms with Crippen molar-refractivity contribution < 1.29 is 19.7 Å². The van der Waals surface area contributed by atoms with E-state index in [1.54, 1.807) is 12.1 Å². The summed E-state index contributed by atoms with van der Waals surface area (Å²) in [6.07, 6.45) is 4.49. The van der Waals surface area contributed by atoms with Gasteiger partial charge in [-0.2, -0.15) is 0 Å². The van der Waals surface area contributed by atoms with Crippen molar-refractivity contribution in [1.82, 2.24) is 0 Å². The van der Waals surface area contributed by atoms with Gasteiger partial charge in [0.05, 0.1) is 12.2 Å². The van der Waals surface area contributed by atoms with Crippen LogP contribution in [0.15, 0.2) is 30.3 Å². The van der Waals surface area contributed by atoms with Crippen LogP contribution in [0, 0.1) is 11.8 Å². The Morgan fingerprint density at radius 1 is 1.15 bits per heavy atom. The van der Waals surface area contributed by atoms with E-state index in [0.29, 0.717) is 27.8 Å². The van der Waals surface area contributed by atoms with Crippen molar-refractivity contribution in [2.75, 3.05) is 6.61 Å². The summed E-state index contributed by atoms with van der Waals surface area (Å²) in [7, 11) is 0. The number of ether oxygens (including phenoxy) is 1. The Morgan fingerprint density at radius 2 is 1.88 bits per heavy atom. The number of aliphatic hydroxyl groups is 2. The Bertz CT molecular complexity index is 899. The first-order chi connectivity index (χ1) is 15.8. The van der Waals surface area contributed by atoms with Crippen molar-refractivity contribution in [1.29, 1.82) is 0 Å². The standard InChI is InChI=1S/C25H31Cl3O4S/c1-2-18(29)14-32-25(31)24-9-7-19(33-24)4-3-5-20-21(23(30)13-22(20)28)8-6-15-10-16(26)12-17(27)11-15/h7,9-12,18,20-23,29-30H,2-6,8,13-14H2,1H3/t18?,20-,21-,22-,23-/m1/s1. The smallest absolute Gasteiger partial charge is 0.348 e. The summed E-state index contributed by atoms with van der Waals surface area (Å²) in [5, 5.41) is 21.4. The molecule has 0 amide bonds. The molecule has 1 unspecified atom stereocenters. The van der Waals surface area contributed by atoms with Gasteiger partial charge in [0.1, 0.15) is 11.5 Å². The molecule has 2 aromatic rings. The fourth-order valence-corrected chi connectivity index (χ4v) is 6.53. The molecule has 5 atom stereocenters. The van der Waals surface area contributed by atoms with Crippen molar-refractivity contribution in [2.45, 2.75) is 69.5 Å². The molecule has 1 aliphatic rings. The van der Waals surface area contributed by atoms with Gasteiger partial charge in [-0.3, -0.25) is 0 Å². The zero-order valence-electron chi connectivity index (χ0n) is 18.7. The van der Waals surface area contributed by atoms with Crippen molar-refractivity contribution in [3.05, 3.63) is 55.7 Å². The molecule has 1 fully saturated rings. The van der Waals surface area contributed by atoms with Crippen LogP contribution in [0.5, 0.6) is 0 Å². The Labute approximate surface area is 214 Å². The minimum absolute atomic E-state index is 0.0203. The van der Waals surface area contributed by atoms with E-state index in [2.05, 4.69) is 0 Å². The van der Waals surface area contributed by atoms with Gasteiger partial charge in [-0.1, -0.05) is 30.1 Å². The highest BCUT2D eigenvalue weighted by Crippen LogP contribution is 2.42. The zero-order chi connectivity index (χ0) is 24.0. The van der Waals surface area contributed by atoms with Crippen molar-refractivity contribution >= 4 is 52.1 Å². The highest BCUT2D eigenvalue weighted by Gasteiger charge is 2.40. The Kier molecular flexibility index (Phi) is 10.4. The Hall–Kier alpha value is -0.820. The molecule has 0 bridgehead atoms. The van der Waals surface area contributed by atoms with E-state index in [-0.39, 0.29) is 29.8 Å². The van der Waals surface area contributed by atoms with Crippen LogP contribution in [-0.4, -0.2) is 40.4 Å². The van der Waals surface area contributed by atoms with E-state index < -0.39 is 12.2 Å². The lowest BCUT2D eigenvalue weighted by atomic mass is 9.85. The molecular weight excluding hydrogens is 503 g/mol. The van der Waals surface area contributed by atoms with Crippen molar-refractivity contribution in [2.24, 2.45) is 11.8 Å². The molecule has 1 aliphatic carbocycles. The first-order valence-corrected chi connectivity index (χ1v) is 13.5. The monoisotopic (exact) mass is 532 g/mol. The summed E-state index contributed by atoms with van der Waals surface area (Å²) in [4.78, 5) is 13.8. The second kappa shape index (κ2) is 12.8. The quantitative estimate of drug-likeness (QED) is 0.254. The average molecular weight is 534 g/mol. The molecule has 182 valence electrons. The van der Waals surface area contributed by atoms with E-state index in [1.807, 2.05) is 25.1 Å². The number of rotatable bonds is 11. The molecule has 2 N–H and O–H groups in total. The molecule has 0 saturated heterocycles. The second-order valence-corrected chi connectivity index (χ2v) is 11.4. The van der Waals surface area contributed by atoms with Crippen LogP contribution in [0.2, 0.25) is 10.0 Å². The number of carbonyl (C=O) groups is 1. The predicted molar refractivity (Wildman–Crippen MR) is 136 cm³/mol. The van der Waals surface area contributed by atoms with Gasteiger partial charge in [0.25, 0.3) is 0 Å². The lowest BCUT2D eigenvalue weighted by Crippen LogP contribution is -2.21. The number of halogens is 3. The Morgan fingerprint density at radius 3 is 2.58 bits per heavy atom. The van der Waals surface area contributed by atoms with Gasteiger partial charge < -0.3 is 14.9 Å². The SMILES string of the molecule is CCC(O)COC(=O)c1ccc(CCC[C@@H]2[C@@H](CCc3cc(Cl)cc(Cl)c3)[C@H](O)C[C@H]2Cl)s1. The average Bonchev–Trinajstić information content (AvgIpc) is 3.34. The largest absolute Gasteiger partial charge is 0.459 e. The number of carbonyl (C=O) groups excluding carboxylic acids is 1. The van der Waals surface area contributed by atoms with Crippen LogP contribution in [0.25, 0.3) is 0 Å². The number of thiophene rings is 1. The maximum atomic E-state index is 12.1. The van der Waals surface area contributed by atoms with Gasteiger partial charge in [0.15, 0.2) is 0 Å². The molecule has 33 heavy (non-hydrogen) atoms. The topological polar surface area (TPSA) is 66.8 Å². The van der Waals surface area contributed by atoms with Crippen LogP contribution < -0.4 is 0 Å². The van der Waals surface area contributed by atoms with E-state index in [1.165, 1.54) is 11.3 Å². The van der Waals surface area contributed by atoms with Crippen LogP contribution in [0.3, 0.4) is 0 Å². The van der Waals surface area contributed by atoms with Gasteiger partial charge in [0.2, 0.25) is 0 Å². The summed E-state index contributed by atoms with van der Waals surface area (Å²) in [6.45, 7) is 1.86. The first-order valence-electron chi connectivity index (χ1n) is 11.5. The number of hydrogen-bond donors (Lipinski definition) is 2. The summed E-state index contributed by atoms with van der Waals surface area (Å²) in [5.41, 5.74) is 1.07. The van der Waals surface area contributed by atoms with E-state index in [4.69, 9.17) is 39.5 Å². The van der Waals surface area contributed by atoms with Crippen LogP contribution >= 0.6 is 46.1 Å². The molecule has 1 aromatic heterocycles. The Balaban J connectivity index is 1.50. The third-order valence-electron chi connectivity index (χ3n) is 6.37. The molecule has 1 aromatic carbocycles. The third-order valence-corrected chi connectivity index (χ3v) is 8.43. The second-order valence-electron chi connectivity index (χ2n) is 8.78. The minimum Gasteiger partial charge on any atom is -0.459 e. The molecule has 3 rings (SSSR count). The van der Waals surface area contributed by atoms with Gasteiger partial charge in [-0.15, -0.1) is 22.9 Å². The van der Waals surface area contributed by atoms with Crippen molar-refractivity contribution in [3.8, 4) is 0 Å². The number of benzene rings is 1. The van der Waals surface area contributed by atoms with E-state index in [9.17, 15) is 15.0 Å². The summed E-state index contributed by atoms with van der Waals surface area (Å²) >= 11 is 20.3. The van der Waals surface area contributed by atoms with Gasteiger partial charge in [0, 0.05) is 20.3 Å². The summed E-state index contributed by atoms with van der Waals surface area (Å²) in [6, 6.07) is 9.30. The highest BCUT2D eigenvalue weighted by atomic mass is 35.5. The maximum Gasteiger partial charge on any atom is 0.348 e. The molecule has 1 heterocycles. The number of hydrogen-bond acceptors (Lipinski definition) is 5. The molecule has 0 spiro atoms. The molecular formula is C25H31Cl3O4S. The first kappa shape index (κ1) is 26.8. The third kappa shape index (κ3) is 7.84. The molecule has 0 radical (unpaired) electrons. The van der Waals surface area contributed by atoms with E-state index in [0.717, 1.165) is 42.5 Å². The summed E-state index contributed by atoms with van der Waals surface area (Å²) < 4.78 is 5.16. The lowest BCUT2D eigenvalue weighted by Gasteiger charge is -2.23. The minimum atomic E-state index is -0.623. The maximum absolute atomic E-state index is 12.1. The fourth-order valence-electron chi connectivity index (χ4n) is 4.52. The fraction of sp³-hybridized carbons (Fsp3) is 0.560. The number of esters is 1. The number of aliphatic hydroxyl groups excluding tert-OH is 2. The molecule has 4 nitrogen and oxygen atoms in total. The van der Waals surface area contributed by atoms with Gasteiger partial charge in [-0.25, -0.2) is 4.79 Å². The van der Waals surface area contributed by atoms with Crippen LogP contribution in [-0.2, 0) is 17.6 Å². The lowest BCUT2D eigenvalue weighted by molar-refractivity contribution is 0.0255. The van der Waals surface area contributed by atoms with Crippen LogP contribution in [0.1, 0.15) is 59.1 Å². The molecule has 1 saturated carbocycles. The predicted octanol–water partition coefficient (Wildman–Crippen LogP) is 6.54. The highest BCUT2D eigenvalue weighted by molar-refractivity contribution is 7.13. The van der Waals surface area contributed by atoms with E-state index >= 15 is 0 Å². The number of alkyl halides is 1. The van der Waals surface area contributed by atoms with Crippen LogP contribution in [0.4, 0.5) is 0 Å². The summed E-state index contributed by atoms with van der Waals surface area (Å²) in [5.74, 6) is 0.0000437. The zero-order valence-corrected chi connectivity index (χ0v) is 21.8. The number of aryl methyl sites for hydroxylation is 2. The van der Waals surface area contributed by atoms with Gasteiger partial charge >= 0.3 is 5.97 Å². The molecule has 8 heteroatoms. The van der Waals surface area contributed by atoms with Gasteiger partial charge in [-0.05, 0) is 92.7 Å². The van der Waals surface area contributed by atoms with Crippen molar-refractivity contribution in [3.63, 3.8) is 0 Å². The normalized spacial score (nSPS) is 23.6. The molecule has 0 aliphatic heterocycles.